The topological polar surface area (TPSA) is 76.5 Å². The van der Waals surface area contributed by atoms with Crippen LogP contribution in [-0.4, -0.2) is 19.1 Å². The monoisotopic (exact) mass is 381 g/mol. The van der Waals surface area contributed by atoms with Crippen molar-refractivity contribution in [3.8, 4) is 11.9 Å². The Morgan fingerprint density at radius 2 is 1.86 bits per heavy atom. The van der Waals surface area contributed by atoms with E-state index in [4.69, 9.17) is 5.26 Å². The van der Waals surface area contributed by atoms with E-state index in [1.54, 1.807) is 23.0 Å². The maximum absolute atomic E-state index is 12.6. The number of hydrogen-bond acceptors (Lipinski definition) is 4. The van der Waals surface area contributed by atoms with E-state index in [0.717, 1.165) is 22.6 Å². The summed E-state index contributed by atoms with van der Waals surface area (Å²) in [5.41, 5.74) is 3.37. The van der Waals surface area contributed by atoms with Crippen LogP contribution in [0.3, 0.4) is 0 Å². The Kier molecular flexibility index (Phi) is 5.04. The highest BCUT2D eigenvalue weighted by atomic mass is 16.1. The van der Waals surface area contributed by atoms with Crippen molar-refractivity contribution in [3.05, 3.63) is 112 Å². The molecule has 0 aliphatic rings. The largest absolute Gasteiger partial charge is 0.330 e. The fraction of sp³-hybridized carbons (Fsp3) is 0.130. The second-order valence-electron chi connectivity index (χ2n) is 6.84. The van der Waals surface area contributed by atoms with Crippen molar-refractivity contribution < 1.29 is 0 Å². The van der Waals surface area contributed by atoms with Gasteiger partial charge in [0.25, 0.3) is 5.56 Å². The number of nitriles is 1. The number of aromatic nitrogens is 4. The zero-order chi connectivity index (χ0) is 20.2. The van der Waals surface area contributed by atoms with Crippen LogP contribution in [0.4, 0.5) is 0 Å². The van der Waals surface area contributed by atoms with Crippen molar-refractivity contribution in [2.24, 2.45) is 0 Å². The molecule has 0 unspecified atom stereocenters. The molecule has 142 valence electrons. The molecule has 6 nitrogen and oxygen atoms in total. The fourth-order valence-corrected chi connectivity index (χ4v) is 3.20. The van der Waals surface area contributed by atoms with Crippen LogP contribution >= 0.6 is 0 Å². The minimum absolute atomic E-state index is 0.116. The molecule has 0 radical (unpaired) electrons. The number of pyridine rings is 2. The Hall–Kier alpha value is -3.98. The lowest BCUT2D eigenvalue weighted by Crippen LogP contribution is -2.19. The van der Waals surface area contributed by atoms with E-state index < -0.39 is 0 Å². The van der Waals surface area contributed by atoms with Crippen molar-refractivity contribution in [2.45, 2.75) is 19.9 Å². The van der Waals surface area contributed by atoms with Gasteiger partial charge in [-0.3, -0.25) is 9.36 Å². The van der Waals surface area contributed by atoms with Crippen molar-refractivity contribution in [1.82, 2.24) is 19.1 Å². The molecule has 1 aromatic carbocycles. The van der Waals surface area contributed by atoms with Gasteiger partial charge in [0.1, 0.15) is 11.6 Å². The van der Waals surface area contributed by atoms with E-state index in [9.17, 15) is 4.79 Å². The van der Waals surface area contributed by atoms with Gasteiger partial charge in [-0.1, -0.05) is 18.2 Å². The zero-order valence-corrected chi connectivity index (χ0v) is 16.0. The van der Waals surface area contributed by atoms with Gasteiger partial charge >= 0.3 is 0 Å². The van der Waals surface area contributed by atoms with Gasteiger partial charge in [0.05, 0.1) is 11.6 Å². The molecule has 0 aliphatic heterocycles. The Balaban J connectivity index is 1.54. The molecule has 0 saturated heterocycles. The van der Waals surface area contributed by atoms with Crippen molar-refractivity contribution in [3.63, 3.8) is 0 Å². The minimum Gasteiger partial charge on any atom is -0.330 e. The number of imidazole rings is 1. The van der Waals surface area contributed by atoms with E-state index in [1.807, 2.05) is 66.2 Å². The number of hydrogen-bond donors (Lipinski definition) is 0. The number of rotatable bonds is 5. The summed E-state index contributed by atoms with van der Waals surface area (Å²) in [4.78, 5) is 21.5. The van der Waals surface area contributed by atoms with Crippen LogP contribution in [0, 0.1) is 18.3 Å². The van der Waals surface area contributed by atoms with Crippen LogP contribution in [0.1, 0.15) is 28.2 Å². The summed E-state index contributed by atoms with van der Waals surface area (Å²) in [6, 6.07) is 18.8. The smallest absolute Gasteiger partial charge is 0.256 e. The maximum atomic E-state index is 12.6. The second-order valence-corrected chi connectivity index (χ2v) is 6.84. The Morgan fingerprint density at radius 3 is 2.59 bits per heavy atom. The van der Waals surface area contributed by atoms with Crippen LogP contribution in [0.2, 0.25) is 0 Å². The summed E-state index contributed by atoms with van der Waals surface area (Å²) < 4.78 is 3.57. The molecule has 3 aromatic heterocycles. The van der Waals surface area contributed by atoms with Crippen LogP contribution in [-0.2, 0) is 13.0 Å². The van der Waals surface area contributed by atoms with Gasteiger partial charge in [-0.15, -0.1) is 0 Å². The molecule has 6 heteroatoms. The van der Waals surface area contributed by atoms with E-state index in [1.165, 1.54) is 0 Å². The molecule has 0 N–H and O–H groups in total. The zero-order valence-electron chi connectivity index (χ0n) is 16.0. The minimum atomic E-state index is -0.116. The van der Waals surface area contributed by atoms with Gasteiger partial charge in [-0.25, -0.2) is 9.97 Å². The summed E-state index contributed by atoms with van der Waals surface area (Å²) in [6.07, 6.45) is 6.09. The highest BCUT2D eigenvalue weighted by Crippen LogP contribution is 2.12. The fourth-order valence-electron chi connectivity index (χ4n) is 3.20. The summed E-state index contributed by atoms with van der Waals surface area (Å²) >= 11 is 0. The summed E-state index contributed by atoms with van der Waals surface area (Å²) in [5.74, 6) is 1.52. The molecule has 0 aliphatic carbocycles. The summed E-state index contributed by atoms with van der Waals surface area (Å²) in [5, 5.41) is 8.92. The highest BCUT2D eigenvalue weighted by Gasteiger charge is 2.08. The van der Waals surface area contributed by atoms with Gasteiger partial charge in [0.15, 0.2) is 0 Å². The van der Waals surface area contributed by atoms with Gasteiger partial charge in [-0.05, 0) is 48.4 Å². The van der Waals surface area contributed by atoms with E-state index in [0.29, 0.717) is 24.3 Å². The second kappa shape index (κ2) is 7.95. The standard InChI is InChI=1S/C23H19N5O/c1-17-3-2-4-21(26-17)28-11-9-20(14-23(28)29)16-27-12-10-25-22(27)13-18-5-7-19(15-24)8-6-18/h2-12,14H,13,16H2,1H3. The molecule has 0 saturated carbocycles. The number of nitrogens with zero attached hydrogens (tertiary/aromatic N) is 5. The molecule has 4 aromatic rings. The highest BCUT2D eigenvalue weighted by molar-refractivity contribution is 5.33. The predicted octanol–water partition coefficient (Wildman–Crippen LogP) is 3.25. The molecule has 0 spiro atoms. The first kappa shape index (κ1) is 18.4. The average molecular weight is 381 g/mol. The van der Waals surface area contributed by atoms with Crippen molar-refractivity contribution in [1.29, 1.82) is 5.26 Å². The first-order valence-electron chi connectivity index (χ1n) is 9.27. The molecule has 29 heavy (non-hydrogen) atoms. The summed E-state index contributed by atoms with van der Waals surface area (Å²) in [6.45, 7) is 2.46. The third-order valence-electron chi connectivity index (χ3n) is 4.70. The lowest BCUT2D eigenvalue weighted by atomic mass is 10.1. The van der Waals surface area contributed by atoms with E-state index in [2.05, 4.69) is 16.0 Å². The molecular formula is C23H19N5O. The third kappa shape index (κ3) is 4.14. The van der Waals surface area contributed by atoms with E-state index in [-0.39, 0.29) is 5.56 Å². The quantitative estimate of drug-likeness (QED) is 0.532. The van der Waals surface area contributed by atoms with Crippen molar-refractivity contribution in [2.75, 3.05) is 0 Å². The summed E-state index contributed by atoms with van der Waals surface area (Å²) in [7, 11) is 0. The lowest BCUT2D eigenvalue weighted by Gasteiger charge is -2.10. The predicted molar refractivity (Wildman–Crippen MR) is 110 cm³/mol. The van der Waals surface area contributed by atoms with Crippen LogP contribution < -0.4 is 5.56 Å². The number of benzene rings is 1. The first-order chi connectivity index (χ1) is 14.1. The van der Waals surface area contributed by atoms with Gasteiger partial charge < -0.3 is 4.57 Å². The molecular weight excluding hydrogens is 362 g/mol. The normalized spacial score (nSPS) is 10.6. The molecule has 3 heterocycles. The lowest BCUT2D eigenvalue weighted by molar-refractivity contribution is 0.736. The van der Waals surface area contributed by atoms with Gasteiger partial charge in [-0.2, -0.15) is 5.26 Å². The molecule has 4 rings (SSSR count). The van der Waals surface area contributed by atoms with Gasteiger partial charge in [0, 0.05) is 43.3 Å². The SMILES string of the molecule is Cc1cccc(-n2ccc(Cn3ccnc3Cc3ccc(C#N)cc3)cc2=O)n1. The molecule has 0 atom stereocenters. The average Bonchev–Trinajstić information content (AvgIpc) is 3.15. The van der Waals surface area contributed by atoms with Crippen LogP contribution in [0.25, 0.3) is 5.82 Å². The van der Waals surface area contributed by atoms with Crippen LogP contribution in [0.15, 0.2) is 78.0 Å². The first-order valence-corrected chi connectivity index (χ1v) is 9.27. The Bertz CT molecular complexity index is 1250. The Labute approximate surface area is 168 Å². The number of aryl methyl sites for hydroxylation is 1. The molecule has 0 fully saturated rings. The maximum Gasteiger partial charge on any atom is 0.256 e. The van der Waals surface area contributed by atoms with Crippen LogP contribution in [0.5, 0.6) is 0 Å². The van der Waals surface area contributed by atoms with Gasteiger partial charge in [0.2, 0.25) is 0 Å². The molecule has 0 amide bonds. The van der Waals surface area contributed by atoms with E-state index >= 15 is 0 Å². The third-order valence-corrected chi connectivity index (χ3v) is 4.70. The molecule has 0 bridgehead atoms. The van der Waals surface area contributed by atoms with Crippen molar-refractivity contribution >= 4 is 0 Å². The Morgan fingerprint density at radius 1 is 1.03 bits per heavy atom.